The van der Waals surface area contributed by atoms with E-state index in [2.05, 4.69) is 27.2 Å². The smallest absolute Gasteiger partial charge is 0.274 e. The molecule has 0 aliphatic carbocycles. The van der Waals surface area contributed by atoms with Crippen LogP contribution in [0.3, 0.4) is 0 Å². The maximum atomic E-state index is 12.7. The van der Waals surface area contributed by atoms with Gasteiger partial charge >= 0.3 is 0 Å². The molecule has 9 nitrogen and oxygen atoms in total. The lowest BCUT2D eigenvalue weighted by Crippen LogP contribution is -2.30. The number of thiazole rings is 1. The molecule has 1 saturated heterocycles. The maximum absolute atomic E-state index is 12.7. The molecule has 4 rings (SSSR count). The molecular formula is C22H29N5O4S. The molecule has 1 atom stereocenters. The zero-order valence-electron chi connectivity index (χ0n) is 19.0. The molecule has 1 aliphatic rings. The van der Waals surface area contributed by atoms with Crippen LogP contribution in [0.15, 0.2) is 17.1 Å². The highest BCUT2D eigenvalue weighted by Gasteiger charge is 2.28. The Morgan fingerprint density at radius 3 is 2.81 bits per heavy atom. The quantitative estimate of drug-likeness (QED) is 0.520. The Kier molecular flexibility index (Phi) is 5.87. The Morgan fingerprint density at radius 1 is 1.44 bits per heavy atom. The summed E-state index contributed by atoms with van der Waals surface area (Å²) in [5.41, 5.74) is -0.0221. The van der Waals surface area contributed by atoms with Crippen molar-refractivity contribution >= 4 is 28.1 Å². The number of aryl methyl sites for hydroxylation is 1. The van der Waals surface area contributed by atoms with Gasteiger partial charge in [0, 0.05) is 37.3 Å². The molecule has 0 radical (unpaired) electrons. The van der Waals surface area contributed by atoms with Crippen LogP contribution in [0.4, 0.5) is 0 Å². The second kappa shape index (κ2) is 8.34. The molecule has 1 aliphatic heterocycles. The molecule has 0 aromatic carbocycles. The third kappa shape index (κ3) is 4.05. The molecule has 0 saturated carbocycles. The molecule has 32 heavy (non-hydrogen) atoms. The number of likely N-dealkylation sites (N-methyl/N-ethyl adjacent to an activating group) is 1. The number of carbonyl (C=O) groups excluding carboxylic acids is 1. The number of likely N-dealkylation sites (tertiary alicyclic amines) is 1. The van der Waals surface area contributed by atoms with Gasteiger partial charge in [-0.2, -0.15) is 0 Å². The first-order chi connectivity index (χ1) is 15.1. The predicted octanol–water partition coefficient (Wildman–Crippen LogP) is 2.05. The van der Waals surface area contributed by atoms with Crippen molar-refractivity contribution in [3.8, 4) is 16.3 Å². The fourth-order valence-corrected chi connectivity index (χ4v) is 5.01. The first-order valence-corrected chi connectivity index (χ1v) is 11.4. The highest BCUT2D eigenvalue weighted by molar-refractivity contribution is 7.15. The summed E-state index contributed by atoms with van der Waals surface area (Å²) in [6.07, 6.45) is 3.92. The highest BCUT2D eigenvalue weighted by Crippen LogP contribution is 2.42. The fourth-order valence-electron chi connectivity index (χ4n) is 3.97. The monoisotopic (exact) mass is 459 g/mol. The van der Waals surface area contributed by atoms with Crippen LogP contribution in [0, 0.1) is 0 Å². The predicted molar refractivity (Wildman–Crippen MR) is 124 cm³/mol. The van der Waals surface area contributed by atoms with E-state index in [1.54, 1.807) is 33.2 Å². The molecule has 172 valence electrons. The Bertz CT molecular complexity index is 1220. The van der Waals surface area contributed by atoms with Crippen molar-refractivity contribution < 1.29 is 14.6 Å². The van der Waals surface area contributed by atoms with Gasteiger partial charge in [0.2, 0.25) is 5.88 Å². The summed E-state index contributed by atoms with van der Waals surface area (Å²) in [6, 6.07) is 1.98. The summed E-state index contributed by atoms with van der Waals surface area (Å²) >= 11 is 1.33. The average molecular weight is 460 g/mol. The molecule has 0 bridgehead atoms. The number of nitrogens with one attached hydrogen (secondary N) is 2. The van der Waals surface area contributed by atoms with Gasteiger partial charge in [-0.15, -0.1) is 11.3 Å². The number of aromatic amines is 1. The van der Waals surface area contributed by atoms with Crippen LogP contribution in [0.1, 0.15) is 42.2 Å². The number of pyridine rings is 1. The molecule has 1 amide bonds. The molecular weight excluding hydrogens is 430 g/mol. The minimum atomic E-state index is -1.14. The largest absolute Gasteiger partial charge is 0.475 e. The number of H-pyrrole nitrogens is 1. The van der Waals surface area contributed by atoms with Crippen molar-refractivity contribution in [2.75, 3.05) is 27.2 Å². The average Bonchev–Trinajstić information content (AvgIpc) is 3.46. The highest BCUT2D eigenvalue weighted by atomic mass is 32.1. The van der Waals surface area contributed by atoms with Crippen LogP contribution in [0.2, 0.25) is 0 Å². The number of carbonyl (C=O) groups is 1. The van der Waals surface area contributed by atoms with Crippen molar-refractivity contribution in [2.24, 2.45) is 7.05 Å². The summed E-state index contributed by atoms with van der Waals surface area (Å²) < 4.78 is 7.66. The molecule has 0 spiro atoms. The van der Waals surface area contributed by atoms with Gasteiger partial charge in [0.15, 0.2) is 0 Å². The Labute approximate surface area is 190 Å². The molecule has 4 heterocycles. The fraction of sp³-hybridized carbons (Fsp3) is 0.500. The number of aliphatic hydroxyl groups is 1. The van der Waals surface area contributed by atoms with E-state index in [0.29, 0.717) is 45.0 Å². The Hall–Kier alpha value is -2.69. The van der Waals surface area contributed by atoms with Gasteiger partial charge < -0.3 is 29.6 Å². The van der Waals surface area contributed by atoms with Crippen molar-refractivity contribution in [3.05, 3.63) is 33.3 Å². The van der Waals surface area contributed by atoms with Gasteiger partial charge in [-0.1, -0.05) is 0 Å². The standard InChI is InChI=1S/C22H29N5O4S/c1-22(2,30)21-25-19(31-11-12-7-6-8-26(12)4)17(32-21)14-10-27(5)20(29)16-13(14)9-15(24-16)18(28)23-3/h9-10,12,24,30H,6-8,11H2,1-5H3,(H,23,28). The minimum absolute atomic E-state index is 0.235. The van der Waals surface area contributed by atoms with E-state index in [9.17, 15) is 14.7 Å². The number of hydrogen-bond donors (Lipinski definition) is 3. The number of hydrogen-bond acceptors (Lipinski definition) is 7. The molecule has 1 unspecified atom stereocenters. The van der Waals surface area contributed by atoms with Gasteiger partial charge in [-0.05, 0) is 46.3 Å². The van der Waals surface area contributed by atoms with Gasteiger partial charge in [0.1, 0.15) is 33.3 Å². The second-order valence-electron chi connectivity index (χ2n) is 8.81. The Morgan fingerprint density at radius 2 is 2.19 bits per heavy atom. The summed E-state index contributed by atoms with van der Waals surface area (Å²) in [6.45, 7) is 4.89. The molecule has 1 fully saturated rings. The summed E-state index contributed by atoms with van der Waals surface area (Å²) in [5.74, 6) is 0.117. The molecule has 3 aromatic heterocycles. The second-order valence-corrected chi connectivity index (χ2v) is 9.81. The third-order valence-electron chi connectivity index (χ3n) is 5.88. The van der Waals surface area contributed by atoms with E-state index < -0.39 is 5.60 Å². The number of amides is 1. The summed E-state index contributed by atoms with van der Waals surface area (Å²) in [7, 11) is 5.29. The molecule has 3 aromatic rings. The van der Waals surface area contributed by atoms with E-state index in [0.717, 1.165) is 24.9 Å². The van der Waals surface area contributed by atoms with Crippen LogP contribution in [0.25, 0.3) is 21.3 Å². The van der Waals surface area contributed by atoms with Crippen LogP contribution in [0.5, 0.6) is 5.88 Å². The van der Waals surface area contributed by atoms with Crippen LogP contribution < -0.4 is 15.6 Å². The molecule has 3 N–H and O–H groups in total. The van der Waals surface area contributed by atoms with Gasteiger partial charge in [-0.3, -0.25) is 9.59 Å². The SMILES string of the molecule is CNC(=O)c1cc2c(-c3sc(C(C)(C)O)nc3OCC3CCCN3C)cn(C)c(=O)c2[nH]1. The summed E-state index contributed by atoms with van der Waals surface area (Å²) in [4.78, 5) is 35.5. The number of rotatable bonds is 6. The first-order valence-electron chi connectivity index (χ1n) is 10.6. The topological polar surface area (TPSA) is 112 Å². The first kappa shape index (κ1) is 22.5. The number of ether oxygens (including phenoxy) is 1. The minimum Gasteiger partial charge on any atom is -0.475 e. The lowest BCUT2D eigenvalue weighted by Gasteiger charge is -2.19. The maximum Gasteiger partial charge on any atom is 0.274 e. The van der Waals surface area contributed by atoms with E-state index in [-0.39, 0.29) is 11.5 Å². The van der Waals surface area contributed by atoms with E-state index in [1.807, 2.05) is 0 Å². The zero-order valence-corrected chi connectivity index (χ0v) is 19.8. The number of fused-ring (bicyclic) bond motifs is 1. The van der Waals surface area contributed by atoms with E-state index in [4.69, 9.17) is 4.74 Å². The lowest BCUT2D eigenvalue weighted by molar-refractivity contribution is 0.0773. The number of nitrogens with zero attached hydrogens (tertiary/aromatic N) is 3. The van der Waals surface area contributed by atoms with Gasteiger partial charge in [0.05, 0.1) is 0 Å². The zero-order chi connectivity index (χ0) is 23.2. The van der Waals surface area contributed by atoms with Crippen LogP contribution in [-0.4, -0.2) is 63.7 Å². The van der Waals surface area contributed by atoms with Gasteiger partial charge in [0.25, 0.3) is 11.5 Å². The van der Waals surface area contributed by atoms with E-state index >= 15 is 0 Å². The third-order valence-corrected chi connectivity index (χ3v) is 7.27. The Balaban J connectivity index is 1.85. The van der Waals surface area contributed by atoms with E-state index in [1.165, 1.54) is 23.0 Å². The molecule has 10 heteroatoms. The summed E-state index contributed by atoms with van der Waals surface area (Å²) in [5, 5.41) is 14.3. The number of aromatic nitrogens is 3. The van der Waals surface area contributed by atoms with Gasteiger partial charge in [-0.25, -0.2) is 4.98 Å². The van der Waals surface area contributed by atoms with Crippen LogP contribution in [-0.2, 0) is 12.6 Å². The van der Waals surface area contributed by atoms with Crippen molar-refractivity contribution in [2.45, 2.75) is 38.3 Å². The van der Waals surface area contributed by atoms with Crippen LogP contribution >= 0.6 is 11.3 Å². The van der Waals surface area contributed by atoms with Crippen molar-refractivity contribution in [3.63, 3.8) is 0 Å². The van der Waals surface area contributed by atoms with Crippen molar-refractivity contribution in [1.82, 2.24) is 24.8 Å². The normalized spacial score (nSPS) is 17.2. The van der Waals surface area contributed by atoms with Crippen molar-refractivity contribution in [1.29, 1.82) is 0 Å². The lowest BCUT2D eigenvalue weighted by atomic mass is 10.1.